The number of esters is 1. The molecule has 84 valence electrons. The van der Waals surface area contributed by atoms with E-state index in [1.807, 2.05) is 6.92 Å². The standard InChI is InChI=1S/C10H16N2O3/c1-3-4-9(13)15-10(14)7-8-11-5-6-12(8)2/h5-6,9,13H,3-4,7H2,1-2H3. The molecule has 5 nitrogen and oxygen atoms in total. The number of aliphatic hydroxyl groups is 1. The van der Waals surface area contributed by atoms with Crippen LogP contribution in [0.25, 0.3) is 0 Å². The lowest BCUT2D eigenvalue weighted by atomic mass is 10.3. The summed E-state index contributed by atoms with van der Waals surface area (Å²) in [6, 6.07) is 0. The molecule has 1 N–H and O–H groups in total. The van der Waals surface area contributed by atoms with Crippen LogP contribution in [0.15, 0.2) is 12.4 Å². The molecule has 0 saturated heterocycles. The van der Waals surface area contributed by atoms with Crippen LogP contribution in [-0.2, 0) is 23.0 Å². The van der Waals surface area contributed by atoms with Crippen molar-refractivity contribution in [1.82, 2.24) is 9.55 Å². The molecule has 0 aliphatic rings. The van der Waals surface area contributed by atoms with E-state index in [1.165, 1.54) is 0 Å². The van der Waals surface area contributed by atoms with Crippen molar-refractivity contribution in [2.75, 3.05) is 0 Å². The predicted molar refractivity (Wildman–Crippen MR) is 53.9 cm³/mol. The second-order valence-electron chi connectivity index (χ2n) is 3.36. The summed E-state index contributed by atoms with van der Waals surface area (Å²) in [5.41, 5.74) is 0. The number of rotatable bonds is 5. The van der Waals surface area contributed by atoms with Crippen molar-refractivity contribution in [2.24, 2.45) is 7.05 Å². The summed E-state index contributed by atoms with van der Waals surface area (Å²) in [7, 11) is 1.80. The van der Waals surface area contributed by atoms with Gasteiger partial charge < -0.3 is 14.4 Å². The molecule has 0 saturated carbocycles. The second kappa shape index (κ2) is 5.50. The molecule has 0 aromatic carbocycles. The largest absolute Gasteiger partial charge is 0.436 e. The highest BCUT2D eigenvalue weighted by molar-refractivity contribution is 5.71. The molecule has 1 rings (SSSR count). The number of aryl methyl sites for hydroxylation is 1. The number of aromatic nitrogens is 2. The van der Waals surface area contributed by atoms with Gasteiger partial charge in [0.1, 0.15) is 12.2 Å². The number of nitrogens with zero attached hydrogens (tertiary/aromatic N) is 2. The average molecular weight is 212 g/mol. The topological polar surface area (TPSA) is 64.3 Å². The molecule has 5 heteroatoms. The lowest BCUT2D eigenvalue weighted by molar-refractivity contribution is -0.167. The van der Waals surface area contributed by atoms with Gasteiger partial charge in [0.2, 0.25) is 6.29 Å². The van der Waals surface area contributed by atoms with E-state index in [-0.39, 0.29) is 6.42 Å². The maximum atomic E-state index is 11.3. The van der Waals surface area contributed by atoms with Gasteiger partial charge in [-0.1, -0.05) is 13.3 Å². The van der Waals surface area contributed by atoms with Gasteiger partial charge in [0.25, 0.3) is 0 Å². The Balaban J connectivity index is 2.40. The zero-order chi connectivity index (χ0) is 11.3. The number of imidazole rings is 1. The molecule has 0 fully saturated rings. The second-order valence-corrected chi connectivity index (χ2v) is 3.36. The lowest BCUT2D eigenvalue weighted by Gasteiger charge is -2.10. The van der Waals surface area contributed by atoms with Gasteiger partial charge in [0.05, 0.1) is 0 Å². The maximum absolute atomic E-state index is 11.3. The van der Waals surface area contributed by atoms with Crippen LogP contribution in [0.2, 0.25) is 0 Å². The molecular formula is C10H16N2O3. The molecule has 1 heterocycles. The molecule has 0 spiro atoms. The third kappa shape index (κ3) is 3.71. The zero-order valence-electron chi connectivity index (χ0n) is 9.01. The van der Waals surface area contributed by atoms with Crippen LogP contribution in [0.3, 0.4) is 0 Å². The molecule has 1 aromatic rings. The van der Waals surface area contributed by atoms with Crippen molar-refractivity contribution in [3.8, 4) is 0 Å². The fourth-order valence-corrected chi connectivity index (χ4v) is 1.20. The third-order valence-corrected chi connectivity index (χ3v) is 2.03. The van der Waals surface area contributed by atoms with E-state index in [0.717, 1.165) is 6.42 Å². The van der Waals surface area contributed by atoms with E-state index in [1.54, 1.807) is 24.0 Å². The Kier molecular flexibility index (Phi) is 4.30. The quantitative estimate of drug-likeness (QED) is 0.574. The number of ether oxygens (including phenoxy) is 1. The van der Waals surface area contributed by atoms with Gasteiger partial charge in [-0.3, -0.25) is 4.79 Å². The van der Waals surface area contributed by atoms with Gasteiger partial charge in [-0.2, -0.15) is 0 Å². The number of hydrogen-bond acceptors (Lipinski definition) is 4. The van der Waals surface area contributed by atoms with E-state index in [4.69, 9.17) is 4.74 Å². The normalized spacial score (nSPS) is 12.5. The molecule has 0 aliphatic heterocycles. The monoisotopic (exact) mass is 212 g/mol. The van der Waals surface area contributed by atoms with Gasteiger partial charge in [-0.15, -0.1) is 0 Å². The molecule has 1 aromatic heterocycles. The Bertz CT molecular complexity index is 322. The van der Waals surface area contributed by atoms with Crippen LogP contribution < -0.4 is 0 Å². The molecule has 15 heavy (non-hydrogen) atoms. The first-order valence-electron chi connectivity index (χ1n) is 4.97. The molecule has 0 aliphatic carbocycles. The number of aliphatic hydroxyl groups excluding tert-OH is 1. The minimum Gasteiger partial charge on any atom is -0.436 e. The minimum atomic E-state index is -0.997. The molecule has 1 atom stereocenters. The first-order chi connectivity index (χ1) is 7.13. The summed E-state index contributed by atoms with van der Waals surface area (Å²) in [6.07, 6.45) is 3.70. The molecule has 0 radical (unpaired) electrons. The number of carbonyl (C=O) groups is 1. The van der Waals surface area contributed by atoms with Crippen LogP contribution in [0.1, 0.15) is 25.6 Å². The van der Waals surface area contributed by atoms with Gasteiger partial charge in [0.15, 0.2) is 0 Å². The van der Waals surface area contributed by atoms with Gasteiger partial charge in [0, 0.05) is 25.9 Å². The number of carbonyl (C=O) groups excluding carboxylic acids is 1. The molecule has 0 amide bonds. The van der Waals surface area contributed by atoms with E-state index in [9.17, 15) is 9.90 Å². The van der Waals surface area contributed by atoms with E-state index < -0.39 is 12.3 Å². The van der Waals surface area contributed by atoms with Gasteiger partial charge >= 0.3 is 5.97 Å². The summed E-state index contributed by atoms with van der Waals surface area (Å²) in [6.45, 7) is 1.91. The van der Waals surface area contributed by atoms with Crippen molar-refractivity contribution >= 4 is 5.97 Å². The van der Waals surface area contributed by atoms with E-state index in [0.29, 0.717) is 12.2 Å². The van der Waals surface area contributed by atoms with Gasteiger partial charge in [-0.05, 0) is 0 Å². The van der Waals surface area contributed by atoms with Crippen LogP contribution >= 0.6 is 0 Å². The summed E-state index contributed by atoms with van der Waals surface area (Å²) < 4.78 is 6.53. The molecule has 1 unspecified atom stereocenters. The summed E-state index contributed by atoms with van der Waals surface area (Å²) >= 11 is 0. The summed E-state index contributed by atoms with van der Waals surface area (Å²) in [5, 5.41) is 9.25. The zero-order valence-corrected chi connectivity index (χ0v) is 9.01. The smallest absolute Gasteiger partial charge is 0.315 e. The first-order valence-corrected chi connectivity index (χ1v) is 4.97. The summed E-state index contributed by atoms with van der Waals surface area (Å²) in [5.74, 6) is 0.175. The fourth-order valence-electron chi connectivity index (χ4n) is 1.20. The Hall–Kier alpha value is -1.36. The van der Waals surface area contributed by atoms with Crippen LogP contribution in [0, 0.1) is 0 Å². The van der Waals surface area contributed by atoms with Crippen molar-refractivity contribution < 1.29 is 14.6 Å². The SMILES string of the molecule is CCCC(O)OC(=O)Cc1nccn1C. The average Bonchev–Trinajstić information content (AvgIpc) is 2.52. The highest BCUT2D eigenvalue weighted by Crippen LogP contribution is 2.02. The Morgan fingerprint density at radius 3 is 3.00 bits per heavy atom. The van der Waals surface area contributed by atoms with Crippen molar-refractivity contribution in [2.45, 2.75) is 32.5 Å². The van der Waals surface area contributed by atoms with Crippen molar-refractivity contribution in [1.29, 1.82) is 0 Å². The Morgan fingerprint density at radius 2 is 2.47 bits per heavy atom. The maximum Gasteiger partial charge on any atom is 0.315 e. The lowest BCUT2D eigenvalue weighted by Crippen LogP contribution is -2.20. The van der Waals surface area contributed by atoms with Crippen LogP contribution in [0.4, 0.5) is 0 Å². The fraction of sp³-hybridized carbons (Fsp3) is 0.600. The number of hydrogen-bond donors (Lipinski definition) is 1. The third-order valence-electron chi connectivity index (χ3n) is 2.03. The molecule has 0 bridgehead atoms. The Morgan fingerprint density at radius 1 is 1.73 bits per heavy atom. The van der Waals surface area contributed by atoms with E-state index >= 15 is 0 Å². The highest BCUT2D eigenvalue weighted by Gasteiger charge is 2.12. The van der Waals surface area contributed by atoms with Gasteiger partial charge in [-0.25, -0.2) is 4.98 Å². The first kappa shape index (κ1) is 11.7. The Labute approximate surface area is 88.7 Å². The summed E-state index contributed by atoms with van der Waals surface area (Å²) in [4.78, 5) is 15.3. The van der Waals surface area contributed by atoms with Crippen LogP contribution in [-0.4, -0.2) is 26.9 Å². The minimum absolute atomic E-state index is 0.0876. The molecular weight excluding hydrogens is 196 g/mol. The van der Waals surface area contributed by atoms with E-state index in [2.05, 4.69) is 4.98 Å². The highest BCUT2D eigenvalue weighted by atomic mass is 16.6. The van der Waals surface area contributed by atoms with Crippen molar-refractivity contribution in [3.05, 3.63) is 18.2 Å². The predicted octanol–water partition coefficient (Wildman–Crippen LogP) is 0.624. The van der Waals surface area contributed by atoms with Crippen LogP contribution in [0.5, 0.6) is 0 Å². The van der Waals surface area contributed by atoms with Crippen molar-refractivity contribution in [3.63, 3.8) is 0 Å².